The molecule has 0 aliphatic carbocycles. The van der Waals surface area contributed by atoms with Crippen molar-refractivity contribution >= 4 is 11.6 Å². The van der Waals surface area contributed by atoms with E-state index in [0.29, 0.717) is 18.2 Å². The van der Waals surface area contributed by atoms with Crippen LogP contribution in [0.5, 0.6) is 0 Å². The molecule has 1 aliphatic heterocycles. The molecular weight excluding hydrogens is 188 g/mol. The molecule has 1 fully saturated rings. The first-order chi connectivity index (χ1) is 6.22. The first-order valence-corrected chi connectivity index (χ1v) is 4.58. The first-order valence-electron chi connectivity index (χ1n) is 4.20. The van der Waals surface area contributed by atoms with Gasteiger partial charge in [-0.2, -0.15) is 0 Å². The minimum absolute atomic E-state index is 0.488. The van der Waals surface area contributed by atoms with Crippen molar-refractivity contribution in [3.05, 3.63) is 29.0 Å². The molecule has 0 bridgehead atoms. The van der Waals surface area contributed by atoms with Crippen molar-refractivity contribution in [1.82, 2.24) is 4.98 Å². The second-order valence-electron chi connectivity index (χ2n) is 3.29. The lowest BCUT2D eigenvalue weighted by molar-refractivity contribution is 0.177. The molecule has 0 saturated carbocycles. The Morgan fingerprint density at radius 1 is 1.62 bits per heavy atom. The Balaban J connectivity index is 2.39. The van der Waals surface area contributed by atoms with Crippen LogP contribution in [0.25, 0.3) is 0 Å². The number of hydrogen-bond acceptors (Lipinski definition) is 3. The first kappa shape index (κ1) is 8.94. The van der Waals surface area contributed by atoms with Gasteiger partial charge in [-0.1, -0.05) is 11.6 Å². The lowest BCUT2D eigenvalue weighted by Crippen LogP contribution is -2.38. The molecule has 0 aromatic carbocycles. The summed E-state index contributed by atoms with van der Waals surface area (Å²) in [7, 11) is 0. The number of nitrogens with zero attached hydrogens (tertiary/aromatic N) is 1. The summed E-state index contributed by atoms with van der Waals surface area (Å²) < 4.78 is 5.25. The lowest BCUT2D eigenvalue weighted by atomic mass is 9.95. The van der Waals surface area contributed by atoms with E-state index in [1.807, 2.05) is 0 Å². The minimum atomic E-state index is -0.488. The van der Waals surface area contributed by atoms with E-state index in [0.717, 1.165) is 12.1 Å². The molecule has 2 N–H and O–H groups in total. The highest BCUT2D eigenvalue weighted by Gasteiger charge is 2.35. The van der Waals surface area contributed by atoms with E-state index in [1.54, 1.807) is 18.3 Å². The highest BCUT2D eigenvalue weighted by molar-refractivity contribution is 6.31. The van der Waals surface area contributed by atoms with Gasteiger partial charge in [-0.25, -0.2) is 0 Å². The van der Waals surface area contributed by atoms with Gasteiger partial charge in [0.05, 0.1) is 22.9 Å². The van der Waals surface area contributed by atoms with Crippen molar-refractivity contribution < 1.29 is 4.74 Å². The molecule has 0 spiro atoms. The van der Waals surface area contributed by atoms with E-state index in [9.17, 15) is 0 Å². The summed E-state index contributed by atoms with van der Waals surface area (Å²) in [6.07, 6.45) is 2.48. The Morgan fingerprint density at radius 2 is 2.46 bits per heavy atom. The van der Waals surface area contributed by atoms with Crippen molar-refractivity contribution in [2.75, 3.05) is 13.2 Å². The Kier molecular flexibility index (Phi) is 2.24. The third-order valence-corrected chi connectivity index (χ3v) is 2.59. The fourth-order valence-corrected chi connectivity index (χ4v) is 1.83. The largest absolute Gasteiger partial charge is 0.379 e. The Bertz CT molecular complexity index is 310. The lowest BCUT2D eigenvalue weighted by Gasteiger charge is -2.21. The highest BCUT2D eigenvalue weighted by atomic mass is 35.5. The van der Waals surface area contributed by atoms with Gasteiger partial charge in [0, 0.05) is 12.8 Å². The van der Waals surface area contributed by atoms with E-state index >= 15 is 0 Å². The molecule has 3 nitrogen and oxygen atoms in total. The number of rotatable bonds is 1. The molecule has 2 heterocycles. The second kappa shape index (κ2) is 3.25. The fraction of sp³-hybridized carbons (Fsp3) is 0.444. The Morgan fingerprint density at radius 3 is 3.08 bits per heavy atom. The minimum Gasteiger partial charge on any atom is -0.379 e. The van der Waals surface area contributed by atoms with Crippen LogP contribution in [0.15, 0.2) is 18.3 Å². The van der Waals surface area contributed by atoms with Crippen LogP contribution in [0.1, 0.15) is 12.1 Å². The van der Waals surface area contributed by atoms with E-state index in [2.05, 4.69) is 4.98 Å². The molecule has 1 aromatic rings. The third-order valence-electron chi connectivity index (χ3n) is 2.28. The van der Waals surface area contributed by atoms with E-state index in [1.165, 1.54) is 0 Å². The maximum atomic E-state index is 6.11. The Hall–Kier alpha value is -0.640. The summed E-state index contributed by atoms with van der Waals surface area (Å²) in [5.74, 6) is 0. The molecule has 13 heavy (non-hydrogen) atoms. The fourth-order valence-electron chi connectivity index (χ4n) is 1.52. The van der Waals surface area contributed by atoms with Crippen LogP contribution >= 0.6 is 11.6 Å². The summed E-state index contributed by atoms with van der Waals surface area (Å²) in [4.78, 5) is 4.20. The number of ether oxygens (including phenoxy) is 1. The SMILES string of the molecule is NC1(c2ncccc2Cl)CCOC1. The smallest absolute Gasteiger partial charge is 0.0857 e. The number of halogens is 1. The van der Waals surface area contributed by atoms with E-state index in [4.69, 9.17) is 22.1 Å². The van der Waals surface area contributed by atoms with Gasteiger partial charge < -0.3 is 10.5 Å². The summed E-state index contributed by atoms with van der Waals surface area (Å²) in [6.45, 7) is 1.19. The molecule has 0 amide bonds. The summed E-state index contributed by atoms with van der Waals surface area (Å²) in [6, 6.07) is 3.60. The number of aromatic nitrogens is 1. The Labute approximate surface area is 81.9 Å². The maximum Gasteiger partial charge on any atom is 0.0857 e. The van der Waals surface area contributed by atoms with Gasteiger partial charge in [-0.05, 0) is 18.6 Å². The highest BCUT2D eigenvalue weighted by Crippen LogP contribution is 2.30. The monoisotopic (exact) mass is 198 g/mol. The molecule has 70 valence electrons. The van der Waals surface area contributed by atoms with Crippen LogP contribution < -0.4 is 5.73 Å². The van der Waals surface area contributed by atoms with Crippen LogP contribution in [0.2, 0.25) is 5.02 Å². The third kappa shape index (κ3) is 1.55. The normalized spacial score (nSPS) is 27.8. The molecule has 0 radical (unpaired) electrons. The quantitative estimate of drug-likeness (QED) is 0.740. The molecule has 1 atom stereocenters. The number of nitrogens with two attached hydrogens (primary N) is 1. The summed E-state index contributed by atoms with van der Waals surface area (Å²) >= 11 is 6.00. The molecule has 1 saturated heterocycles. The van der Waals surface area contributed by atoms with Crippen molar-refractivity contribution in [3.8, 4) is 0 Å². The molecule has 2 rings (SSSR count). The summed E-state index contributed by atoms with van der Waals surface area (Å²) in [5, 5.41) is 0.621. The average Bonchev–Trinajstić information content (AvgIpc) is 2.54. The van der Waals surface area contributed by atoms with Crippen LogP contribution in [0, 0.1) is 0 Å². The maximum absolute atomic E-state index is 6.11. The number of pyridine rings is 1. The van der Waals surface area contributed by atoms with Gasteiger partial charge in [-0.15, -0.1) is 0 Å². The standard InChI is InChI=1S/C9H11ClN2O/c10-7-2-1-4-12-8(7)9(11)3-5-13-6-9/h1-2,4H,3,5-6,11H2. The average molecular weight is 199 g/mol. The van der Waals surface area contributed by atoms with E-state index in [-0.39, 0.29) is 0 Å². The van der Waals surface area contributed by atoms with E-state index < -0.39 is 5.54 Å². The predicted octanol–water partition coefficient (Wildman–Crippen LogP) is 1.31. The van der Waals surface area contributed by atoms with Gasteiger partial charge in [0.2, 0.25) is 0 Å². The zero-order valence-electron chi connectivity index (χ0n) is 7.16. The van der Waals surface area contributed by atoms with Crippen LogP contribution in [-0.4, -0.2) is 18.2 Å². The zero-order chi connectivity index (χ0) is 9.31. The van der Waals surface area contributed by atoms with Crippen LogP contribution in [-0.2, 0) is 10.3 Å². The number of hydrogen-bond donors (Lipinski definition) is 1. The molecule has 1 unspecified atom stereocenters. The van der Waals surface area contributed by atoms with Crippen molar-refractivity contribution in [2.24, 2.45) is 5.73 Å². The van der Waals surface area contributed by atoms with Crippen molar-refractivity contribution in [1.29, 1.82) is 0 Å². The van der Waals surface area contributed by atoms with Gasteiger partial charge in [0.15, 0.2) is 0 Å². The predicted molar refractivity (Wildman–Crippen MR) is 50.5 cm³/mol. The van der Waals surface area contributed by atoms with Gasteiger partial charge in [0.1, 0.15) is 0 Å². The molecule has 1 aromatic heterocycles. The summed E-state index contributed by atoms with van der Waals surface area (Å²) in [5.41, 5.74) is 6.37. The van der Waals surface area contributed by atoms with Crippen LogP contribution in [0.4, 0.5) is 0 Å². The molecule has 1 aliphatic rings. The topological polar surface area (TPSA) is 48.1 Å². The zero-order valence-corrected chi connectivity index (χ0v) is 7.92. The second-order valence-corrected chi connectivity index (χ2v) is 3.70. The molecular formula is C9H11ClN2O. The van der Waals surface area contributed by atoms with Gasteiger partial charge in [-0.3, -0.25) is 4.98 Å². The van der Waals surface area contributed by atoms with Gasteiger partial charge >= 0.3 is 0 Å². The van der Waals surface area contributed by atoms with Crippen LogP contribution in [0.3, 0.4) is 0 Å². The van der Waals surface area contributed by atoms with Crippen molar-refractivity contribution in [3.63, 3.8) is 0 Å². The van der Waals surface area contributed by atoms with Crippen molar-refractivity contribution in [2.45, 2.75) is 12.0 Å². The molecule has 4 heteroatoms. The van der Waals surface area contributed by atoms with Gasteiger partial charge in [0.25, 0.3) is 0 Å².